The standard InChI is InChI=1S/C6H5I/c7-6-4-2-1-3-5-6/h1-5H/i7+4. The van der Waals surface area contributed by atoms with Gasteiger partial charge in [-0.25, -0.2) is 0 Å². The minimum Gasteiger partial charge on any atom is -0.0622 e. The summed E-state index contributed by atoms with van der Waals surface area (Å²) in [6.45, 7) is 0. The van der Waals surface area contributed by atoms with E-state index in [0.29, 0.717) is 0 Å². The molecule has 0 fully saturated rings. The Labute approximate surface area is 56.7 Å². The van der Waals surface area contributed by atoms with Gasteiger partial charge in [-0.3, -0.25) is 0 Å². The molecule has 0 unspecified atom stereocenters. The quantitative estimate of drug-likeness (QED) is 0.573. The highest BCUT2D eigenvalue weighted by Gasteiger charge is 1.74. The maximum absolute atomic E-state index is 2.28. The first-order valence-electron chi connectivity index (χ1n) is 2.10. The molecule has 1 aromatic carbocycles. The zero-order valence-electron chi connectivity index (χ0n) is 3.76. The minimum absolute atomic E-state index is 1.29. The van der Waals surface area contributed by atoms with Crippen molar-refractivity contribution in [2.45, 2.75) is 0 Å². The van der Waals surface area contributed by atoms with Crippen molar-refractivity contribution in [3.8, 4) is 0 Å². The van der Waals surface area contributed by atoms with Crippen molar-refractivity contribution in [2.24, 2.45) is 0 Å². The highest BCUT2D eigenvalue weighted by Crippen LogP contribution is 1.99. The summed E-state index contributed by atoms with van der Waals surface area (Å²) in [7, 11) is 0. The highest BCUT2D eigenvalue weighted by molar-refractivity contribution is 14.1. The SMILES string of the molecule is [131I]c1ccccc1. The van der Waals surface area contributed by atoms with Crippen LogP contribution in [-0.2, 0) is 0 Å². The Balaban J connectivity index is 3.02. The van der Waals surface area contributed by atoms with E-state index in [1.54, 1.807) is 0 Å². The lowest BCUT2D eigenvalue weighted by Crippen LogP contribution is -1.61. The molecule has 0 N–H and O–H groups in total. The summed E-state index contributed by atoms with van der Waals surface area (Å²) in [6, 6.07) is 10.2. The predicted molar refractivity (Wildman–Crippen MR) is 39.2 cm³/mol. The molecule has 1 heteroatoms. The van der Waals surface area contributed by atoms with Crippen LogP contribution >= 0.6 is 22.6 Å². The van der Waals surface area contributed by atoms with Crippen molar-refractivity contribution in [3.63, 3.8) is 0 Å². The van der Waals surface area contributed by atoms with E-state index in [1.165, 1.54) is 3.57 Å². The number of hydrogen-bond donors (Lipinski definition) is 0. The summed E-state index contributed by atoms with van der Waals surface area (Å²) in [5, 5.41) is 0. The Morgan fingerprint density at radius 3 is 1.86 bits per heavy atom. The monoisotopic (exact) mass is 208 g/mol. The van der Waals surface area contributed by atoms with Crippen LogP contribution < -0.4 is 0 Å². The van der Waals surface area contributed by atoms with Gasteiger partial charge >= 0.3 is 0 Å². The molecule has 36 valence electrons. The molecule has 0 aliphatic rings. The summed E-state index contributed by atoms with van der Waals surface area (Å²) in [6.07, 6.45) is 0. The van der Waals surface area contributed by atoms with E-state index >= 15 is 0 Å². The summed E-state index contributed by atoms with van der Waals surface area (Å²) in [4.78, 5) is 0. The van der Waals surface area contributed by atoms with Gasteiger partial charge in [-0.1, -0.05) is 18.2 Å². The Morgan fingerprint density at radius 1 is 1.00 bits per heavy atom. The molecule has 0 spiro atoms. The number of benzene rings is 1. The Kier molecular flexibility index (Phi) is 1.68. The molecule has 0 saturated carbocycles. The van der Waals surface area contributed by atoms with Gasteiger partial charge in [-0.05, 0) is 34.7 Å². The van der Waals surface area contributed by atoms with E-state index < -0.39 is 0 Å². The molecule has 0 amide bonds. The Bertz CT molecular complexity index is 134. The molecule has 1 aromatic rings. The van der Waals surface area contributed by atoms with Crippen LogP contribution in [0.25, 0.3) is 0 Å². The van der Waals surface area contributed by atoms with Crippen LogP contribution in [0.1, 0.15) is 0 Å². The Hall–Kier alpha value is -0.0500. The van der Waals surface area contributed by atoms with Gasteiger partial charge in [-0.2, -0.15) is 0 Å². The fraction of sp³-hybridized carbons (Fsp3) is 0. The molecule has 0 aromatic heterocycles. The largest absolute Gasteiger partial charge is 0.0622 e. The van der Waals surface area contributed by atoms with Crippen LogP contribution in [0.2, 0.25) is 0 Å². The topological polar surface area (TPSA) is 0 Å². The maximum atomic E-state index is 2.28. The minimum atomic E-state index is 1.29. The molecule has 0 radical (unpaired) electrons. The third-order valence-corrected chi connectivity index (χ3v) is 1.45. The predicted octanol–water partition coefficient (Wildman–Crippen LogP) is 2.29. The van der Waals surface area contributed by atoms with E-state index in [9.17, 15) is 0 Å². The second kappa shape index (κ2) is 2.31. The van der Waals surface area contributed by atoms with Gasteiger partial charge in [0.15, 0.2) is 0 Å². The lowest BCUT2D eigenvalue weighted by molar-refractivity contribution is 1.65. The number of halogens is 1. The van der Waals surface area contributed by atoms with E-state index in [4.69, 9.17) is 0 Å². The molecule has 7 heavy (non-hydrogen) atoms. The molecule has 0 heterocycles. The van der Waals surface area contributed by atoms with E-state index in [0.717, 1.165) is 0 Å². The van der Waals surface area contributed by atoms with Crippen LogP contribution in [0.4, 0.5) is 0 Å². The first kappa shape index (κ1) is 5.09. The van der Waals surface area contributed by atoms with Crippen LogP contribution in [0.5, 0.6) is 0 Å². The maximum Gasteiger partial charge on any atom is 0.0130 e. The van der Waals surface area contributed by atoms with Crippen molar-refractivity contribution in [1.29, 1.82) is 0 Å². The van der Waals surface area contributed by atoms with Crippen LogP contribution in [-0.4, -0.2) is 0 Å². The number of rotatable bonds is 0. The van der Waals surface area contributed by atoms with Crippen LogP contribution in [0, 0.1) is 3.57 Å². The molecular formula is C6H5I. The molecule has 0 aliphatic carbocycles. The normalized spacial score (nSPS) is 8.71. The first-order valence-corrected chi connectivity index (χ1v) is 3.18. The molecule has 0 bridgehead atoms. The molecule has 0 aliphatic heterocycles. The first-order chi connectivity index (χ1) is 3.39. The fourth-order valence-corrected chi connectivity index (χ4v) is 0.830. The lowest BCUT2D eigenvalue weighted by Gasteiger charge is -1.80. The van der Waals surface area contributed by atoms with Crippen LogP contribution in [0.3, 0.4) is 0 Å². The van der Waals surface area contributed by atoms with E-state index in [2.05, 4.69) is 34.7 Å². The summed E-state index contributed by atoms with van der Waals surface area (Å²) in [5.74, 6) is 0. The third-order valence-electron chi connectivity index (χ3n) is 0.733. The molecule has 0 saturated heterocycles. The van der Waals surface area contributed by atoms with Gasteiger partial charge in [0.2, 0.25) is 0 Å². The van der Waals surface area contributed by atoms with Crippen molar-refractivity contribution in [2.75, 3.05) is 0 Å². The van der Waals surface area contributed by atoms with Crippen LogP contribution in [0.15, 0.2) is 30.3 Å². The van der Waals surface area contributed by atoms with Gasteiger partial charge < -0.3 is 0 Å². The van der Waals surface area contributed by atoms with Crippen molar-refractivity contribution in [1.82, 2.24) is 0 Å². The zero-order chi connectivity index (χ0) is 5.11. The van der Waals surface area contributed by atoms with Gasteiger partial charge in [0, 0.05) is 3.57 Å². The van der Waals surface area contributed by atoms with Gasteiger partial charge in [-0.15, -0.1) is 0 Å². The van der Waals surface area contributed by atoms with E-state index in [1.807, 2.05) is 18.2 Å². The second-order valence-electron chi connectivity index (χ2n) is 1.30. The fourth-order valence-electron chi connectivity index (χ4n) is 0.415. The zero-order valence-corrected chi connectivity index (χ0v) is 5.92. The second-order valence-corrected chi connectivity index (χ2v) is 2.54. The van der Waals surface area contributed by atoms with E-state index in [-0.39, 0.29) is 0 Å². The molecule has 0 nitrogen and oxygen atoms in total. The Morgan fingerprint density at radius 2 is 1.57 bits per heavy atom. The molecular weight excluding hydrogens is 203 g/mol. The highest BCUT2D eigenvalue weighted by atomic mass is 131. The van der Waals surface area contributed by atoms with Gasteiger partial charge in [0.25, 0.3) is 0 Å². The molecule has 0 atom stereocenters. The van der Waals surface area contributed by atoms with Crippen molar-refractivity contribution < 1.29 is 0 Å². The average molecular weight is 208 g/mol. The smallest absolute Gasteiger partial charge is 0.0130 e. The van der Waals surface area contributed by atoms with Gasteiger partial charge in [0.05, 0.1) is 0 Å². The van der Waals surface area contributed by atoms with Crippen molar-refractivity contribution >= 4 is 22.6 Å². The number of hydrogen-bond acceptors (Lipinski definition) is 0. The molecule has 1 rings (SSSR count). The summed E-state index contributed by atoms with van der Waals surface area (Å²) in [5.41, 5.74) is 0. The summed E-state index contributed by atoms with van der Waals surface area (Å²) < 4.78 is 1.29. The summed E-state index contributed by atoms with van der Waals surface area (Å²) >= 11 is 2.28. The lowest BCUT2D eigenvalue weighted by atomic mass is 10.4. The average Bonchev–Trinajstić information content (AvgIpc) is 1.69. The third kappa shape index (κ3) is 1.47. The van der Waals surface area contributed by atoms with Crippen molar-refractivity contribution in [3.05, 3.63) is 33.9 Å². The van der Waals surface area contributed by atoms with Gasteiger partial charge in [0.1, 0.15) is 0 Å².